The minimum atomic E-state index is -1.48. The Morgan fingerprint density at radius 3 is 2.88 bits per heavy atom. The zero-order valence-corrected chi connectivity index (χ0v) is 12.1. The highest BCUT2D eigenvalue weighted by atomic mass is 127. The third kappa shape index (κ3) is 2.02. The second kappa shape index (κ2) is 4.66. The molecule has 0 saturated heterocycles. The van der Waals surface area contributed by atoms with Crippen LogP contribution in [-0.4, -0.2) is 39.3 Å². The van der Waals surface area contributed by atoms with Crippen LogP contribution < -0.4 is 4.74 Å². The average molecular weight is 366 g/mol. The zero-order chi connectivity index (χ0) is 12.6. The molecule has 17 heavy (non-hydrogen) atoms. The van der Waals surface area contributed by atoms with Gasteiger partial charge >= 0.3 is 0 Å². The van der Waals surface area contributed by atoms with E-state index in [1.165, 1.54) is 6.26 Å². The molecule has 2 rings (SSSR count). The van der Waals surface area contributed by atoms with E-state index in [9.17, 15) is 14.1 Å². The number of hydrogen-bond acceptors (Lipinski definition) is 4. The Labute approximate surface area is 115 Å². The van der Waals surface area contributed by atoms with E-state index in [1.807, 2.05) is 6.07 Å². The summed E-state index contributed by atoms with van der Waals surface area (Å²) in [4.78, 5) is 12.3. The summed E-state index contributed by atoms with van der Waals surface area (Å²) >= 11 is 2.09. The van der Waals surface area contributed by atoms with Gasteiger partial charge in [-0.1, -0.05) is 0 Å². The highest BCUT2D eigenvalue weighted by Gasteiger charge is 2.47. The Kier molecular flexibility index (Phi) is 3.55. The van der Waals surface area contributed by atoms with E-state index in [2.05, 4.69) is 22.6 Å². The second-order valence-electron chi connectivity index (χ2n) is 3.86. The first-order valence-electron chi connectivity index (χ1n) is 4.93. The van der Waals surface area contributed by atoms with Gasteiger partial charge in [-0.25, -0.2) is 0 Å². The lowest BCUT2D eigenvalue weighted by molar-refractivity contribution is 0.0791. The Morgan fingerprint density at radius 1 is 1.59 bits per heavy atom. The lowest BCUT2D eigenvalue weighted by Crippen LogP contribution is -2.53. The molecule has 6 heteroatoms. The van der Waals surface area contributed by atoms with Gasteiger partial charge in [0.25, 0.3) is 0 Å². The normalized spacial score (nSPS) is 25.0. The number of aliphatic hydroxyl groups excluding tert-OH is 1. The molecule has 0 radical (unpaired) electrons. The minimum absolute atomic E-state index is 0.0426. The lowest BCUT2D eigenvalue weighted by atomic mass is 9.95. The van der Waals surface area contributed by atoms with E-state index in [0.29, 0.717) is 11.3 Å². The standard InChI is InChI=1S/C11H11IO4S/c1-17(15)11(5-13)6-16-9-3-2-7(12)4-8(9)10(11)14/h2-4,13H,5-6H2,1H3. The monoisotopic (exact) mass is 366 g/mol. The van der Waals surface area contributed by atoms with Crippen LogP contribution in [0.1, 0.15) is 10.4 Å². The Balaban J connectivity index is 2.55. The molecule has 0 bridgehead atoms. The van der Waals surface area contributed by atoms with Crippen molar-refractivity contribution in [2.75, 3.05) is 19.5 Å². The van der Waals surface area contributed by atoms with E-state index in [-0.39, 0.29) is 12.4 Å². The molecule has 1 aromatic carbocycles. The highest BCUT2D eigenvalue weighted by Crippen LogP contribution is 2.33. The molecule has 1 aliphatic heterocycles. The van der Waals surface area contributed by atoms with Crippen LogP contribution in [-0.2, 0) is 10.8 Å². The number of ketones is 1. The summed E-state index contributed by atoms with van der Waals surface area (Å²) in [7, 11) is -1.48. The fourth-order valence-corrected chi connectivity index (χ4v) is 3.00. The summed E-state index contributed by atoms with van der Waals surface area (Å²) in [6.45, 7) is -0.515. The summed E-state index contributed by atoms with van der Waals surface area (Å²) in [6, 6.07) is 5.24. The van der Waals surface area contributed by atoms with Gasteiger partial charge in [-0.15, -0.1) is 0 Å². The smallest absolute Gasteiger partial charge is 0.191 e. The molecule has 0 aromatic heterocycles. The Hall–Kier alpha value is -0.470. The van der Waals surface area contributed by atoms with Gasteiger partial charge < -0.3 is 9.84 Å². The van der Waals surface area contributed by atoms with Crippen molar-refractivity contribution in [2.24, 2.45) is 0 Å². The van der Waals surface area contributed by atoms with Gasteiger partial charge in [0, 0.05) is 20.6 Å². The van der Waals surface area contributed by atoms with Crippen LogP contribution in [0.5, 0.6) is 5.75 Å². The highest BCUT2D eigenvalue weighted by molar-refractivity contribution is 14.1. The number of hydrogen-bond donors (Lipinski definition) is 1. The summed E-state index contributed by atoms with van der Waals surface area (Å²) in [5.41, 5.74) is 0.396. The van der Waals surface area contributed by atoms with Crippen molar-refractivity contribution in [2.45, 2.75) is 4.75 Å². The maximum atomic E-state index is 12.3. The van der Waals surface area contributed by atoms with Crippen LogP contribution in [0.4, 0.5) is 0 Å². The molecule has 92 valence electrons. The minimum Gasteiger partial charge on any atom is -0.491 e. The molecule has 0 spiro atoms. The SMILES string of the molecule is CS(=O)C1(CO)COc2ccc(I)cc2C1=O. The van der Waals surface area contributed by atoms with Crippen molar-refractivity contribution in [3.63, 3.8) is 0 Å². The van der Waals surface area contributed by atoms with Gasteiger partial charge in [0.1, 0.15) is 12.4 Å². The molecule has 0 amide bonds. The molecule has 2 unspecified atom stereocenters. The molecule has 1 aliphatic rings. The van der Waals surface area contributed by atoms with Crippen molar-refractivity contribution < 1.29 is 18.8 Å². The van der Waals surface area contributed by atoms with Crippen LogP contribution >= 0.6 is 22.6 Å². The number of halogens is 1. The maximum absolute atomic E-state index is 12.3. The van der Waals surface area contributed by atoms with Crippen molar-refractivity contribution in [1.82, 2.24) is 0 Å². The predicted molar refractivity (Wildman–Crippen MR) is 72.9 cm³/mol. The number of benzene rings is 1. The average Bonchev–Trinajstić information content (AvgIpc) is 2.30. The summed E-state index contributed by atoms with van der Waals surface area (Å²) in [6.07, 6.45) is 1.41. The summed E-state index contributed by atoms with van der Waals surface area (Å²) < 4.78 is 16.7. The molecule has 4 nitrogen and oxygen atoms in total. The zero-order valence-electron chi connectivity index (χ0n) is 9.10. The molecule has 2 atom stereocenters. The van der Waals surface area contributed by atoms with Crippen molar-refractivity contribution >= 4 is 39.2 Å². The third-order valence-electron chi connectivity index (χ3n) is 2.87. The molecular formula is C11H11IO4S. The van der Waals surface area contributed by atoms with Crippen molar-refractivity contribution in [3.8, 4) is 5.75 Å². The predicted octanol–water partition coefficient (Wildman–Crippen LogP) is 0.976. The number of carbonyl (C=O) groups excluding carboxylic acids is 1. The van der Waals surface area contributed by atoms with E-state index < -0.39 is 22.2 Å². The van der Waals surface area contributed by atoms with Gasteiger partial charge in [-0.3, -0.25) is 9.00 Å². The number of carbonyl (C=O) groups is 1. The molecule has 1 heterocycles. The van der Waals surface area contributed by atoms with E-state index in [4.69, 9.17) is 4.74 Å². The van der Waals surface area contributed by atoms with Crippen LogP contribution in [0.25, 0.3) is 0 Å². The van der Waals surface area contributed by atoms with Gasteiger partial charge in [0.2, 0.25) is 0 Å². The molecular weight excluding hydrogens is 355 g/mol. The fourth-order valence-electron chi connectivity index (χ4n) is 1.73. The number of Topliss-reactive ketones (excluding diaryl/α,β-unsaturated/α-hetero) is 1. The molecule has 0 fully saturated rings. The van der Waals surface area contributed by atoms with Gasteiger partial charge in [0.05, 0.1) is 12.2 Å². The molecule has 1 N–H and O–H groups in total. The third-order valence-corrected chi connectivity index (χ3v) is 5.07. The number of rotatable bonds is 2. The lowest BCUT2D eigenvalue weighted by Gasteiger charge is -2.32. The quantitative estimate of drug-likeness (QED) is 0.793. The first-order chi connectivity index (χ1) is 8.01. The van der Waals surface area contributed by atoms with Gasteiger partial charge in [-0.05, 0) is 40.8 Å². The van der Waals surface area contributed by atoms with E-state index in [0.717, 1.165) is 3.57 Å². The number of fused-ring (bicyclic) bond motifs is 1. The number of ether oxygens (including phenoxy) is 1. The Morgan fingerprint density at radius 2 is 2.29 bits per heavy atom. The largest absolute Gasteiger partial charge is 0.491 e. The topological polar surface area (TPSA) is 63.6 Å². The van der Waals surface area contributed by atoms with Crippen LogP contribution in [0, 0.1) is 3.57 Å². The van der Waals surface area contributed by atoms with E-state index in [1.54, 1.807) is 12.1 Å². The summed E-state index contributed by atoms with van der Waals surface area (Å²) in [5, 5.41) is 9.38. The summed E-state index contributed by atoms with van der Waals surface area (Å²) in [5.74, 6) is 0.186. The van der Waals surface area contributed by atoms with Crippen LogP contribution in [0.3, 0.4) is 0 Å². The molecule has 0 saturated carbocycles. The van der Waals surface area contributed by atoms with E-state index >= 15 is 0 Å². The van der Waals surface area contributed by atoms with Crippen molar-refractivity contribution in [3.05, 3.63) is 27.3 Å². The second-order valence-corrected chi connectivity index (χ2v) is 6.80. The van der Waals surface area contributed by atoms with Gasteiger partial charge in [0.15, 0.2) is 10.5 Å². The van der Waals surface area contributed by atoms with Crippen LogP contribution in [0.15, 0.2) is 18.2 Å². The maximum Gasteiger partial charge on any atom is 0.191 e. The van der Waals surface area contributed by atoms with Gasteiger partial charge in [-0.2, -0.15) is 0 Å². The first-order valence-corrected chi connectivity index (χ1v) is 7.56. The fraction of sp³-hybridized carbons (Fsp3) is 0.364. The van der Waals surface area contributed by atoms with Crippen molar-refractivity contribution in [1.29, 1.82) is 0 Å². The van der Waals surface area contributed by atoms with Crippen LogP contribution in [0.2, 0.25) is 0 Å². The Bertz CT molecular complexity index is 502. The first kappa shape index (κ1) is 13.0. The molecule has 1 aromatic rings. The number of aliphatic hydroxyl groups is 1. The molecule has 0 aliphatic carbocycles.